The van der Waals surface area contributed by atoms with Crippen LogP contribution < -0.4 is 10.1 Å². The maximum atomic E-state index is 5.26. The van der Waals surface area contributed by atoms with Crippen LogP contribution in [0.2, 0.25) is 0 Å². The van der Waals surface area contributed by atoms with Gasteiger partial charge in [0.1, 0.15) is 5.75 Å². The summed E-state index contributed by atoms with van der Waals surface area (Å²) in [4.78, 5) is 0. The lowest BCUT2D eigenvalue weighted by Gasteiger charge is -2.25. The molecule has 0 radical (unpaired) electrons. The molecule has 0 unspecified atom stereocenters. The zero-order valence-corrected chi connectivity index (χ0v) is 13.0. The number of benzene rings is 1. The van der Waals surface area contributed by atoms with Gasteiger partial charge in [-0.3, -0.25) is 0 Å². The molecule has 0 bridgehead atoms. The van der Waals surface area contributed by atoms with E-state index in [0.29, 0.717) is 0 Å². The summed E-state index contributed by atoms with van der Waals surface area (Å²) >= 11 is 3.55. The topological polar surface area (TPSA) is 21.3 Å². The number of hydrogen-bond donors (Lipinski definition) is 1. The second kappa shape index (κ2) is 5.62. The third-order valence-electron chi connectivity index (χ3n) is 3.35. The Kier molecular flexibility index (Phi) is 4.33. The van der Waals surface area contributed by atoms with Gasteiger partial charge >= 0.3 is 0 Å². The van der Waals surface area contributed by atoms with Gasteiger partial charge in [-0.2, -0.15) is 0 Å². The zero-order valence-electron chi connectivity index (χ0n) is 11.4. The lowest BCUT2D eigenvalue weighted by molar-refractivity contribution is 0.336. The smallest absolute Gasteiger partial charge is 0.133 e. The molecule has 3 heteroatoms. The summed E-state index contributed by atoms with van der Waals surface area (Å²) in [5, 5.41) is 3.62. The minimum absolute atomic E-state index is 0.288. The predicted molar refractivity (Wildman–Crippen MR) is 79.2 cm³/mol. The van der Waals surface area contributed by atoms with Gasteiger partial charge in [-0.05, 0) is 58.3 Å². The van der Waals surface area contributed by atoms with Gasteiger partial charge in [0, 0.05) is 12.6 Å². The quantitative estimate of drug-likeness (QED) is 0.863. The normalized spacial score (nSPS) is 15.8. The summed E-state index contributed by atoms with van der Waals surface area (Å²) in [5.41, 5.74) is 1.64. The lowest BCUT2D eigenvalue weighted by Crippen LogP contribution is -2.32. The summed E-state index contributed by atoms with van der Waals surface area (Å²) in [6.07, 6.45) is 3.78. The number of hydrogen-bond acceptors (Lipinski definition) is 2. The van der Waals surface area contributed by atoms with E-state index < -0.39 is 0 Å². The Morgan fingerprint density at radius 2 is 2.11 bits per heavy atom. The average Bonchev–Trinajstić information content (AvgIpc) is 3.10. The molecule has 100 valence electrons. The highest BCUT2D eigenvalue weighted by Crippen LogP contribution is 2.29. The van der Waals surface area contributed by atoms with Gasteiger partial charge in [0.15, 0.2) is 0 Å². The first kappa shape index (κ1) is 13.9. The number of ether oxygens (including phenoxy) is 1. The van der Waals surface area contributed by atoms with Crippen molar-refractivity contribution in [1.82, 2.24) is 5.32 Å². The monoisotopic (exact) mass is 311 g/mol. The van der Waals surface area contributed by atoms with Gasteiger partial charge in [0.05, 0.1) is 11.6 Å². The third-order valence-corrected chi connectivity index (χ3v) is 3.97. The zero-order chi connectivity index (χ0) is 13.2. The van der Waals surface area contributed by atoms with Crippen LogP contribution in [-0.2, 0) is 6.42 Å². The SMILES string of the molecule is COc1ccc(CC(C)(C)CNC2CC2)cc1Br. The van der Waals surface area contributed by atoms with E-state index >= 15 is 0 Å². The Morgan fingerprint density at radius 3 is 2.67 bits per heavy atom. The van der Waals surface area contributed by atoms with Crippen molar-refractivity contribution in [3.05, 3.63) is 28.2 Å². The molecule has 18 heavy (non-hydrogen) atoms. The molecule has 1 aromatic carbocycles. The number of halogens is 1. The van der Waals surface area contributed by atoms with E-state index in [1.807, 2.05) is 6.07 Å². The molecule has 1 aliphatic rings. The number of nitrogens with one attached hydrogen (secondary N) is 1. The molecule has 0 saturated heterocycles. The Morgan fingerprint density at radius 1 is 1.39 bits per heavy atom. The van der Waals surface area contributed by atoms with Crippen molar-refractivity contribution in [2.24, 2.45) is 5.41 Å². The van der Waals surface area contributed by atoms with E-state index in [9.17, 15) is 0 Å². The van der Waals surface area contributed by atoms with Crippen molar-refractivity contribution in [1.29, 1.82) is 0 Å². The van der Waals surface area contributed by atoms with Gasteiger partial charge in [-0.15, -0.1) is 0 Å². The van der Waals surface area contributed by atoms with Crippen molar-refractivity contribution in [3.8, 4) is 5.75 Å². The summed E-state index contributed by atoms with van der Waals surface area (Å²) < 4.78 is 6.29. The molecule has 0 aromatic heterocycles. The maximum Gasteiger partial charge on any atom is 0.133 e. The second-order valence-electron chi connectivity index (χ2n) is 5.97. The predicted octanol–water partition coefficient (Wildman–Crippen LogP) is 3.78. The molecule has 1 aromatic rings. The first-order valence-electron chi connectivity index (χ1n) is 6.56. The summed E-state index contributed by atoms with van der Waals surface area (Å²) in [6.45, 7) is 5.72. The minimum atomic E-state index is 0.288. The van der Waals surface area contributed by atoms with Gasteiger partial charge < -0.3 is 10.1 Å². The van der Waals surface area contributed by atoms with E-state index in [2.05, 4.69) is 47.2 Å². The fraction of sp³-hybridized carbons (Fsp3) is 0.600. The Bertz CT molecular complexity index is 413. The molecular formula is C15H22BrNO. The average molecular weight is 312 g/mol. The van der Waals surface area contributed by atoms with E-state index in [-0.39, 0.29) is 5.41 Å². The highest BCUT2D eigenvalue weighted by molar-refractivity contribution is 9.10. The molecule has 2 nitrogen and oxygen atoms in total. The van der Waals surface area contributed by atoms with Crippen LogP contribution in [0.25, 0.3) is 0 Å². The van der Waals surface area contributed by atoms with Crippen molar-refractivity contribution in [2.75, 3.05) is 13.7 Å². The molecule has 2 rings (SSSR count). The molecule has 0 aliphatic heterocycles. The van der Waals surface area contributed by atoms with Crippen molar-refractivity contribution < 1.29 is 4.74 Å². The fourth-order valence-corrected chi connectivity index (χ4v) is 2.73. The number of rotatable bonds is 6. The van der Waals surface area contributed by atoms with E-state index in [1.165, 1.54) is 18.4 Å². The van der Waals surface area contributed by atoms with Gasteiger partial charge in [0.2, 0.25) is 0 Å². The third kappa shape index (κ3) is 3.99. The summed E-state index contributed by atoms with van der Waals surface area (Å²) in [6, 6.07) is 7.14. The molecule has 1 saturated carbocycles. The van der Waals surface area contributed by atoms with Crippen LogP contribution in [0, 0.1) is 5.41 Å². The van der Waals surface area contributed by atoms with Gasteiger partial charge in [0.25, 0.3) is 0 Å². The van der Waals surface area contributed by atoms with E-state index in [4.69, 9.17) is 4.74 Å². The van der Waals surface area contributed by atoms with Crippen LogP contribution in [0.15, 0.2) is 22.7 Å². The Balaban J connectivity index is 1.95. The van der Waals surface area contributed by atoms with Crippen LogP contribution >= 0.6 is 15.9 Å². The van der Waals surface area contributed by atoms with Crippen LogP contribution in [0.1, 0.15) is 32.3 Å². The van der Waals surface area contributed by atoms with Gasteiger partial charge in [-0.1, -0.05) is 19.9 Å². The van der Waals surface area contributed by atoms with E-state index in [1.54, 1.807) is 7.11 Å². The molecule has 0 atom stereocenters. The van der Waals surface area contributed by atoms with Crippen LogP contribution in [0.4, 0.5) is 0 Å². The van der Waals surface area contributed by atoms with Crippen molar-refractivity contribution >= 4 is 15.9 Å². The molecule has 1 fully saturated rings. The first-order valence-corrected chi connectivity index (χ1v) is 7.35. The Labute approximate surface area is 118 Å². The van der Waals surface area contributed by atoms with Crippen molar-refractivity contribution in [2.45, 2.75) is 39.2 Å². The molecule has 1 aliphatic carbocycles. The molecule has 0 spiro atoms. The molecule has 0 heterocycles. The largest absolute Gasteiger partial charge is 0.496 e. The van der Waals surface area contributed by atoms with E-state index in [0.717, 1.165) is 29.2 Å². The Hall–Kier alpha value is -0.540. The highest BCUT2D eigenvalue weighted by atomic mass is 79.9. The van der Waals surface area contributed by atoms with Crippen molar-refractivity contribution in [3.63, 3.8) is 0 Å². The van der Waals surface area contributed by atoms with Crippen LogP contribution in [0.5, 0.6) is 5.75 Å². The van der Waals surface area contributed by atoms with Gasteiger partial charge in [-0.25, -0.2) is 0 Å². The lowest BCUT2D eigenvalue weighted by atomic mass is 9.85. The molecular weight excluding hydrogens is 290 g/mol. The highest BCUT2D eigenvalue weighted by Gasteiger charge is 2.25. The maximum absolute atomic E-state index is 5.26. The molecule has 1 N–H and O–H groups in total. The van der Waals surface area contributed by atoms with Crippen LogP contribution in [0.3, 0.4) is 0 Å². The van der Waals surface area contributed by atoms with Crippen LogP contribution in [-0.4, -0.2) is 19.7 Å². The number of methoxy groups -OCH3 is 1. The molecule has 0 amide bonds. The summed E-state index contributed by atoms with van der Waals surface area (Å²) in [5.74, 6) is 0.896. The minimum Gasteiger partial charge on any atom is -0.496 e. The standard InChI is InChI=1S/C15H22BrNO/c1-15(2,10-17-12-5-6-12)9-11-4-7-14(18-3)13(16)8-11/h4,7-8,12,17H,5-6,9-10H2,1-3H3. The second-order valence-corrected chi connectivity index (χ2v) is 6.82. The summed E-state index contributed by atoms with van der Waals surface area (Å²) in [7, 11) is 1.70. The first-order chi connectivity index (χ1) is 8.50. The fourth-order valence-electron chi connectivity index (χ4n) is 2.14.